The number of sulfone groups is 1. The van der Waals surface area contributed by atoms with E-state index in [1.807, 2.05) is 12.3 Å². The van der Waals surface area contributed by atoms with Crippen molar-refractivity contribution in [2.45, 2.75) is 38.5 Å². The molecule has 0 spiro atoms. The van der Waals surface area contributed by atoms with Gasteiger partial charge in [-0.3, -0.25) is 0 Å². The Hall–Kier alpha value is -3.12. The van der Waals surface area contributed by atoms with Crippen molar-refractivity contribution in [2.24, 2.45) is 5.92 Å². The van der Waals surface area contributed by atoms with Crippen molar-refractivity contribution in [3.8, 4) is 0 Å². The average Bonchev–Trinajstić information content (AvgIpc) is 2.85. The molecular formula is C26H34FN7O3S. The predicted octanol–water partition coefficient (Wildman–Crippen LogP) is 3.33. The number of halogens is 1. The second-order valence-electron chi connectivity index (χ2n) is 10.6. The number of nitrogens with one attached hydrogen (secondary N) is 1. The van der Waals surface area contributed by atoms with E-state index in [2.05, 4.69) is 56.1 Å². The molecule has 12 heteroatoms. The highest BCUT2D eigenvalue weighted by molar-refractivity contribution is 7.90. The first-order valence-corrected chi connectivity index (χ1v) is 14.9. The van der Waals surface area contributed by atoms with Crippen LogP contribution in [-0.4, -0.2) is 85.9 Å². The highest BCUT2D eigenvalue weighted by Crippen LogP contribution is 2.37. The zero-order valence-corrected chi connectivity index (χ0v) is 22.9. The van der Waals surface area contributed by atoms with Crippen LogP contribution >= 0.6 is 0 Å². The van der Waals surface area contributed by atoms with E-state index in [0.717, 1.165) is 16.5 Å². The first-order valence-electron chi connectivity index (χ1n) is 12.8. The quantitative estimate of drug-likeness (QED) is 0.454. The number of fused-ring (bicyclic) bond motifs is 1. The molecule has 0 bridgehead atoms. The summed E-state index contributed by atoms with van der Waals surface area (Å²) < 4.78 is 43.0. The second-order valence-corrected chi connectivity index (χ2v) is 12.8. The summed E-state index contributed by atoms with van der Waals surface area (Å²) in [5.74, 6) is 1.98. The molecule has 204 valence electrons. The van der Waals surface area contributed by atoms with Gasteiger partial charge < -0.3 is 19.9 Å². The molecule has 2 aliphatic heterocycles. The molecule has 3 aromatic rings. The number of piperidine rings is 1. The van der Waals surface area contributed by atoms with E-state index in [4.69, 9.17) is 4.74 Å². The van der Waals surface area contributed by atoms with Crippen LogP contribution in [0.15, 0.2) is 30.7 Å². The van der Waals surface area contributed by atoms with E-state index >= 15 is 0 Å². The minimum atomic E-state index is -2.99. The molecule has 0 radical (unpaired) electrons. The molecular weight excluding hydrogens is 509 g/mol. The van der Waals surface area contributed by atoms with Crippen molar-refractivity contribution in [3.05, 3.63) is 36.3 Å². The Balaban J connectivity index is 1.37. The largest absolute Gasteiger partial charge is 0.378 e. The molecule has 10 nitrogen and oxygen atoms in total. The van der Waals surface area contributed by atoms with Gasteiger partial charge in [0.2, 0.25) is 11.9 Å². The summed E-state index contributed by atoms with van der Waals surface area (Å²) in [4.78, 5) is 21.6. The lowest BCUT2D eigenvalue weighted by atomic mass is 9.93. The van der Waals surface area contributed by atoms with Crippen LogP contribution in [-0.2, 0) is 14.6 Å². The van der Waals surface area contributed by atoms with Crippen LogP contribution in [0, 0.1) is 5.92 Å². The Bertz CT molecular complexity index is 1420. The fraction of sp³-hybridized carbons (Fsp3) is 0.538. The summed E-state index contributed by atoms with van der Waals surface area (Å²) in [6.07, 6.45) is 3.58. The summed E-state index contributed by atoms with van der Waals surface area (Å²) in [5.41, 5.74) is 2.24. The third-order valence-corrected chi connectivity index (χ3v) is 8.31. The minimum Gasteiger partial charge on any atom is -0.378 e. The molecule has 2 aromatic heterocycles. The molecule has 2 saturated heterocycles. The van der Waals surface area contributed by atoms with E-state index in [0.29, 0.717) is 49.7 Å². The molecule has 2 aliphatic rings. The molecule has 0 amide bonds. The zero-order chi connectivity index (χ0) is 27.0. The van der Waals surface area contributed by atoms with Crippen molar-refractivity contribution in [1.82, 2.24) is 19.9 Å². The van der Waals surface area contributed by atoms with Gasteiger partial charge in [0.1, 0.15) is 28.2 Å². The number of pyridine rings is 1. The summed E-state index contributed by atoms with van der Waals surface area (Å²) in [7, 11) is -1.46. The number of methoxy groups -OCH3 is 1. The number of hydrogen-bond acceptors (Lipinski definition) is 10. The van der Waals surface area contributed by atoms with Gasteiger partial charge in [-0.2, -0.15) is 4.98 Å². The van der Waals surface area contributed by atoms with Crippen LogP contribution < -0.4 is 15.1 Å². The fourth-order valence-corrected chi connectivity index (χ4v) is 6.41. The number of benzene rings is 1. The number of hydrogen-bond donors (Lipinski definition) is 1. The predicted molar refractivity (Wildman–Crippen MR) is 147 cm³/mol. The summed E-state index contributed by atoms with van der Waals surface area (Å²) in [6.45, 7) is 6.47. The molecule has 5 rings (SSSR count). The van der Waals surface area contributed by atoms with Gasteiger partial charge in [0, 0.05) is 56.2 Å². The molecule has 1 N–H and O–H groups in total. The number of nitrogens with zero attached hydrogens (tertiary/aromatic N) is 6. The van der Waals surface area contributed by atoms with E-state index in [1.165, 1.54) is 25.3 Å². The molecule has 2 fully saturated rings. The summed E-state index contributed by atoms with van der Waals surface area (Å²) in [6, 6.07) is 6.23. The van der Waals surface area contributed by atoms with Crippen LogP contribution in [0.5, 0.6) is 0 Å². The Labute approximate surface area is 222 Å². The van der Waals surface area contributed by atoms with Gasteiger partial charge in [-0.25, -0.2) is 27.8 Å². The van der Waals surface area contributed by atoms with E-state index in [-0.39, 0.29) is 18.2 Å². The van der Waals surface area contributed by atoms with Crippen LogP contribution in [0.2, 0.25) is 0 Å². The Kier molecular flexibility index (Phi) is 7.36. The summed E-state index contributed by atoms with van der Waals surface area (Å²) >= 11 is 0. The third kappa shape index (κ3) is 5.65. The van der Waals surface area contributed by atoms with Gasteiger partial charge in [0.15, 0.2) is 0 Å². The first kappa shape index (κ1) is 26.5. The summed E-state index contributed by atoms with van der Waals surface area (Å²) in [5, 5.41) is 5.27. The van der Waals surface area contributed by atoms with Crippen LogP contribution in [0.25, 0.3) is 10.8 Å². The number of rotatable bonds is 8. The molecule has 0 unspecified atom stereocenters. The Morgan fingerprint density at radius 2 is 1.92 bits per heavy atom. The smallest absolute Gasteiger partial charge is 0.233 e. The molecule has 0 aliphatic carbocycles. The standard InChI is InChI=1S/C26H34FN7O3S/c1-16(2)18-5-6-22(34-11-17(12-34)14-38(4,35)36)20-10-28-24(9-19(18)20)31-25-29-15-30-26(32-25)33-8-7-23(37-3)21(27)13-33/h5-6,9-10,15-17,21,23H,7-8,11-14H2,1-4H3,(H,28,29,30,31,32)/t21-,23+/m0/s1. The fourth-order valence-electron chi connectivity index (χ4n) is 5.34. The van der Waals surface area contributed by atoms with Gasteiger partial charge in [-0.05, 0) is 35.4 Å². The van der Waals surface area contributed by atoms with Crippen molar-refractivity contribution >= 4 is 44.0 Å². The number of aromatic nitrogens is 4. The maximum Gasteiger partial charge on any atom is 0.233 e. The van der Waals surface area contributed by atoms with Gasteiger partial charge in [0.25, 0.3) is 0 Å². The second kappa shape index (κ2) is 10.6. The molecule has 4 heterocycles. The van der Waals surface area contributed by atoms with Gasteiger partial charge in [-0.1, -0.05) is 19.9 Å². The lowest BCUT2D eigenvalue weighted by molar-refractivity contribution is 0.0194. The van der Waals surface area contributed by atoms with Crippen LogP contribution in [0.3, 0.4) is 0 Å². The van der Waals surface area contributed by atoms with E-state index < -0.39 is 22.1 Å². The molecule has 0 saturated carbocycles. The number of ether oxygens (including phenoxy) is 1. The lowest BCUT2D eigenvalue weighted by Gasteiger charge is -2.41. The van der Waals surface area contributed by atoms with E-state index in [9.17, 15) is 12.8 Å². The van der Waals surface area contributed by atoms with Crippen molar-refractivity contribution in [2.75, 3.05) is 60.4 Å². The maximum absolute atomic E-state index is 14.4. The van der Waals surface area contributed by atoms with E-state index in [1.54, 1.807) is 4.90 Å². The normalized spacial score (nSPS) is 20.7. The SMILES string of the molecule is CO[C@@H]1CCN(c2ncnc(Nc3cc4c(C(C)C)ccc(N5CC(CS(C)(=O)=O)C5)c4cn3)n2)C[C@@H]1F. The Morgan fingerprint density at radius 1 is 1.13 bits per heavy atom. The molecule has 38 heavy (non-hydrogen) atoms. The van der Waals surface area contributed by atoms with Crippen LogP contribution in [0.4, 0.5) is 27.8 Å². The number of anilines is 4. The van der Waals surface area contributed by atoms with Gasteiger partial charge in [0.05, 0.1) is 18.4 Å². The Morgan fingerprint density at radius 3 is 2.61 bits per heavy atom. The topological polar surface area (TPSA) is 113 Å². The highest BCUT2D eigenvalue weighted by Gasteiger charge is 2.32. The minimum absolute atomic E-state index is 0.143. The lowest BCUT2D eigenvalue weighted by Crippen LogP contribution is -2.49. The number of alkyl halides is 1. The first-order chi connectivity index (χ1) is 18.1. The zero-order valence-electron chi connectivity index (χ0n) is 22.1. The van der Waals surface area contributed by atoms with Crippen molar-refractivity contribution in [1.29, 1.82) is 0 Å². The average molecular weight is 544 g/mol. The van der Waals surface area contributed by atoms with Crippen LogP contribution in [0.1, 0.15) is 31.7 Å². The highest BCUT2D eigenvalue weighted by atomic mass is 32.2. The molecule has 1 aromatic carbocycles. The van der Waals surface area contributed by atoms with Gasteiger partial charge in [-0.15, -0.1) is 0 Å². The third-order valence-electron chi connectivity index (χ3n) is 7.24. The molecule has 2 atom stereocenters. The van der Waals surface area contributed by atoms with Gasteiger partial charge >= 0.3 is 0 Å². The van der Waals surface area contributed by atoms with Crippen molar-refractivity contribution in [3.63, 3.8) is 0 Å². The maximum atomic E-state index is 14.4. The monoisotopic (exact) mass is 543 g/mol. The van der Waals surface area contributed by atoms with Crippen molar-refractivity contribution < 1.29 is 17.5 Å².